The summed E-state index contributed by atoms with van der Waals surface area (Å²) in [7, 11) is -14.2. The third-order valence-corrected chi connectivity index (χ3v) is 22.8. The van der Waals surface area contributed by atoms with Crippen LogP contribution in [0.25, 0.3) is 0 Å². The molecule has 0 saturated carbocycles. The van der Waals surface area contributed by atoms with Crippen LogP contribution >= 0.6 is 29.5 Å². The second-order valence-corrected chi connectivity index (χ2v) is 31.4. The fourth-order valence-electron chi connectivity index (χ4n) is 8.48. The highest BCUT2D eigenvalue weighted by molar-refractivity contribution is 7.80. The lowest BCUT2D eigenvalue weighted by Gasteiger charge is -2.43. The van der Waals surface area contributed by atoms with Crippen molar-refractivity contribution in [1.29, 1.82) is 0 Å². The first kappa shape index (κ1) is 48.1. The molecule has 332 valence electrons. The van der Waals surface area contributed by atoms with Crippen LogP contribution in [0.3, 0.4) is 0 Å². The van der Waals surface area contributed by atoms with Gasteiger partial charge < -0.3 is 27.2 Å². The molecule has 2 saturated heterocycles. The van der Waals surface area contributed by atoms with Crippen molar-refractivity contribution >= 4 is 50.7 Å². The van der Waals surface area contributed by atoms with E-state index in [0.29, 0.717) is 0 Å². The van der Waals surface area contributed by atoms with Crippen LogP contribution in [0.5, 0.6) is 0 Å². The van der Waals surface area contributed by atoms with Gasteiger partial charge in [-0.25, -0.2) is 0 Å². The Morgan fingerprint density at radius 2 is 0.639 bits per heavy atom. The Labute approximate surface area is 366 Å². The van der Waals surface area contributed by atoms with E-state index in [1.807, 2.05) is 97.1 Å². The summed E-state index contributed by atoms with van der Waals surface area (Å²) < 4.78 is 85.0. The summed E-state index contributed by atoms with van der Waals surface area (Å²) in [5.74, 6) is 0. The SMILES string of the molecule is CC(C)(C)c1ccccc1P(=O)(CCP1(=O)OCC2(CO1)COP(=O)(CCP(=O)(c1ccccc1C(C)(C)C)c1ccccc1C(C)(C)C)OC2)c1ccccc1C(C)(C)C. The van der Waals surface area contributed by atoms with E-state index in [4.69, 9.17) is 18.1 Å². The minimum absolute atomic E-state index is 0.00213. The fraction of sp³-hybridized carbons (Fsp3) is 0.510. The summed E-state index contributed by atoms with van der Waals surface area (Å²) in [5.41, 5.74) is 1.94. The van der Waals surface area contributed by atoms with Gasteiger partial charge >= 0.3 is 15.2 Å². The van der Waals surface area contributed by atoms with E-state index in [1.165, 1.54) is 0 Å². The van der Waals surface area contributed by atoms with Gasteiger partial charge in [-0.1, -0.05) is 180 Å². The summed E-state index contributed by atoms with van der Waals surface area (Å²) in [6.45, 7) is 25.4. The highest BCUT2D eigenvalue weighted by atomic mass is 31.2. The summed E-state index contributed by atoms with van der Waals surface area (Å²) in [4.78, 5) is 0. The van der Waals surface area contributed by atoms with Crippen LogP contribution in [0.4, 0.5) is 0 Å². The van der Waals surface area contributed by atoms with Crippen molar-refractivity contribution in [3.8, 4) is 0 Å². The molecule has 12 heteroatoms. The molecule has 0 unspecified atom stereocenters. The number of hydrogen-bond donors (Lipinski definition) is 0. The van der Waals surface area contributed by atoms with E-state index in [9.17, 15) is 9.13 Å². The van der Waals surface area contributed by atoms with Gasteiger partial charge in [-0.2, -0.15) is 0 Å². The third-order valence-electron chi connectivity index (χ3n) is 12.1. The molecule has 0 aromatic heterocycles. The second-order valence-electron chi connectivity index (χ2n) is 21.3. The molecule has 0 N–H and O–H groups in total. The molecule has 8 nitrogen and oxygen atoms in total. The lowest BCUT2D eigenvalue weighted by atomic mass is 9.87. The van der Waals surface area contributed by atoms with Crippen LogP contribution in [0.2, 0.25) is 0 Å². The molecule has 2 fully saturated rings. The highest BCUT2D eigenvalue weighted by Gasteiger charge is 2.50. The van der Waals surface area contributed by atoms with E-state index >= 15 is 9.13 Å². The lowest BCUT2D eigenvalue weighted by Crippen LogP contribution is -2.46. The maximum atomic E-state index is 15.8. The van der Waals surface area contributed by atoms with Crippen molar-refractivity contribution < 1.29 is 36.4 Å². The zero-order valence-electron chi connectivity index (χ0n) is 38.4. The molecule has 6 rings (SSSR count). The van der Waals surface area contributed by atoms with Crippen molar-refractivity contribution in [2.75, 3.05) is 51.1 Å². The molecule has 2 aliphatic rings. The van der Waals surface area contributed by atoms with Crippen LogP contribution in [0.1, 0.15) is 105 Å². The smallest absolute Gasteiger partial charge is 0.314 e. The molecule has 0 aliphatic carbocycles. The molecule has 0 radical (unpaired) electrons. The molecule has 0 atom stereocenters. The van der Waals surface area contributed by atoms with Crippen molar-refractivity contribution in [1.82, 2.24) is 0 Å². The average molecular weight is 909 g/mol. The van der Waals surface area contributed by atoms with Crippen molar-refractivity contribution in [2.45, 2.75) is 105 Å². The Hall–Kier alpha value is -2.36. The normalized spacial score (nSPS) is 23.3. The first-order chi connectivity index (χ1) is 28.2. The predicted octanol–water partition coefficient (Wildman–Crippen LogP) is 11.7. The van der Waals surface area contributed by atoms with Gasteiger partial charge in [0.1, 0.15) is 14.3 Å². The van der Waals surface area contributed by atoms with Gasteiger partial charge in [-0.15, -0.1) is 0 Å². The lowest BCUT2D eigenvalue weighted by molar-refractivity contribution is -0.0680. The molecule has 61 heavy (non-hydrogen) atoms. The second kappa shape index (κ2) is 17.2. The molecule has 0 bridgehead atoms. The van der Waals surface area contributed by atoms with Crippen molar-refractivity contribution in [3.63, 3.8) is 0 Å². The Balaban J connectivity index is 1.21. The first-order valence-corrected chi connectivity index (χ1v) is 28.7. The third kappa shape index (κ3) is 10.3. The van der Waals surface area contributed by atoms with Crippen LogP contribution in [0.15, 0.2) is 97.1 Å². The first-order valence-electron chi connectivity index (χ1n) is 21.5. The van der Waals surface area contributed by atoms with Gasteiger partial charge in [0.15, 0.2) is 0 Å². The quantitative estimate of drug-likeness (QED) is 0.145. The zero-order chi connectivity index (χ0) is 44.9. The Morgan fingerprint density at radius 3 is 0.852 bits per heavy atom. The summed E-state index contributed by atoms with van der Waals surface area (Å²) in [5, 5.41) is 3.05. The van der Waals surface area contributed by atoms with E-state index in [0.717, 1.165) is 43.5 Å². The maximum absolute atomic E-state index is 15.8. The fourth-order valence-corrected chi connectivity index (χ4v) is 21.2. The van der Waals surface area contributed by atoms with Crippen molar-refractivity contribution in [2.24, 2.45) is 5.41 Å². The Bertz CT molecular complexity index is 2110. The average Bonchev–Trinajstić information content (AvgIpc) is 3.20. The Morgan fingerprint density at radius 1 is 0.426 bits per heavy atom. The van der Waals surface area contributed by atoms with Gasteiger partial charge in [-0.3, -0.25) is 9.13 Å². The molecular formula is C49H68O8P4. The predicted molar refractivity (Wildman–Crippen MR) is 255 cm³/mol. The molecule has 2 heterocycles. The van der Waals surface area contributed by atoms with E-state index in [1.54, 1.807) is 0 Å². The van der Waals surface area contributed by atoms with Crippen LogP contribution in [-0.4, -0.2) is 51.1 Å². The topological polar surface area (TPSA) is 105 Å². The van der Waals surface area contributed by atoms with Gasteiger partial charge in [0.2, 0.25) is 0 Å². The molecule has 0 amide bonds. The van der Waals surface area contributed by atoms with Gasteiger partial charge in [-0.05, 0) is 43.9 Å². The number of hydrogen-bond acceptors (Lipinski definition) is 8. The largest absolute Gasteiger partial charge is 0.331 e. The number of benzene rings is 4. The molecule has 2 aliphatic heterocycles. The van der Waals surface area contributed by atoms with Crippen molar-refractivity contribution in [3.05, 3.63) is 119 Å². The monoisotopic (exact) mass is 908 g/mol. The van der Waals surface area contributed by atoms with E-state index in [2.05, 4.69) is 83.1 Å². The molecule has 4 aromatic carbocycles. The van der Waals surface area contributed by atoms with E-state index < -0.39 is 34.9 Å². The van der Waals surface area contributed by atoms with Crippen LogP contribution < -0.4 is 21.2 Å². The molecule has 4 aromatic rings. The minimum atomic E-state index is -3.72. The van der Waals surface area contributed by atoms with Gasteiger partial charge in [0.25, 0.3) is 0 Å². The zero-order valence-corrected chi connectivity index (χ0v) is 42.0. The minimum Gasteiger partial charge on any atom is -0.314 e. The summed E-state index contributed by atoms with van der Waals surface area (Å²) in [6, 6.07) is 31.6. The van der Waals surface area contributed by atoms with Gasteiger partial charge in [0, 0.05) is 33.5 Å². The van der Waals surface area contributed by atoms with Crippen LogP contribution in [0, 0.1) is 5.41 Å². The van der Waals surface area contributed by atoms with Gasteiger partial charge in [0.05, 0.1) is 44.2 Å². The highest BCUT2D eigenvalue weighted by Crippen LogP contribution is 2.62. The Kier molecular flexibility index (Phi) is 13.6. The standard InChI is InChI=1S/C49H68O8P4/c1-45(2,3)37-21-13-17-25-41(37)58(50,42-26-18-14-22-38(42)46(4,5)6)29-31-60(52)54-33-49(34-55-60)35-56-61(53,57-36-49)32-30-59(51,43-27-19-15-23-39(43)47(7,8)9)44-28-20-16-24-40(44)48(10,11)12/h13-28H,29-36H2,1-12H3. The molecule has 1 spiro atoms. The summed E-state index contributed by atoms with van der Waals surface area (Å²) in [6.07, 6.45) is 0.102. The molecular weight excluding hydrogens is 840 g/mol. The maximum Gasteiger partial charge on any atom is 0.331 e. The van der Waals surface area contributed by atoms with E-state index in [-0.39, 0.29) is 72.7 Å². The summed E-state index contributed by atoms with van der Waals surface area (Å²) >= 11 is 0. The number of rotatable bonds is 10. The van der Waals surface area contributed by atoms with Crippen LogP contribution in [-0.2, 0) is 58.0 Å².